The molecule has 88 valence electrons. The second-order valence-corrected chi connectivity index (χ2v) is 3.83. The van der Waals surface area contributed by atoms with Gasteiger partial charge in [-0.2, -0.15) is 0 Å². The molecule has 0 spiro atoms. The zero-order chi connectivity index (χ0) is 12.4. The predicted molar refractivity (Wildman–Crippen MR) is 63.4 cm³/mol. The van der Waals surface area contributed by atoms with Gasteiger partial charge < -0.3 is 9.26 Å². The number of nitrogens with zero attached hydrogens (tertiary/aromatic N) is 1. The van der Waals surface area contributed by atoms with Gasteiger partial charge >= 0.3 is 0 Å². The van der Waals surface area contributed by atoms with Gasteiger partial charge in [-0.05, 0) is 26.0 Å². The van der Waals surface area contributed by atoms with E-state index in [1.54, 1.807) is 14.0 Å². The largest absolute Gasteiger partial charge is 0.496 e. The molecule has 17 heavy (non-hydrogen) atoms. The normalized spacial score (nSPS) is 10.3. The van der Waals surface area contributed by atoms with Gasteiger partial charge in [0.15, 0.2) is 12.0 Å². The number of aromatic nitrogens is 1. The van der Waals surface area contributed by atoms with Crippen LogP contribution in [0, 0.1) is 13.8 Å². The van der Waals surface area contributed by atoms with Gasteiger partial charge in [0.2, 0.25) is 0 Å². The van der Waals surface area contributed by atoms with Gasteiger partial charge in [-0.1, -0.05) is 16.8 Å². The van der Waals surface area contributed by atoms with E-state index in [0.717, 1.165) is 17.4 Å². The highest BCUT2D eigenvalue weighted by atomic mass is 16.5. The van der Waals surface area contributed by atoms with Crippen molar-refractivity contribution < 1.29 is 14.1 Å². The summed E-state index contributed by atoms with van der Waals surface area (Å²) in [4.78, 5) is 11.0. The molecule has 0 unspecified atom stereocenters. The topological polar surface area (TPSA) is 52.3 Å². The Balaban J connectivity index is 2.66. The Labute approximate surface area is 99.2 Å². The SMILES string of the molecule is COc1ccc(C)cc1-c1onc(C)c1C=O. The summed E-state index contributed by atoms with van der Waals surface area (Å²) in [7, 11) is 1.58. The molecule has 0 amide bonds. The highest BCUT2D eigenvalue weighted by molar-refractivity contribution is 5.87. The fourth-order valence-corrected chi connectivity index (χ4v) is 1.71. The van der Waals surface area contributed by atoms with Crippen molar-refractivity contribution in [3.8, 4) is 17.1 Å². The summed E-state index contributed by atoms with van der Waals surface area (Å²) >= 11 is 0. The zero-order valence-electron chi connectivity index (χ0n) is 9.98. The van der Waals surface area contributed by atoms with Crippen molar-refractivity contribution in [2.45, 2.75) is 13.8 Å². The summed E-state index contributed by atoms with van der Waals surface area (Å²) in [5.74, 6) is 1.12. The van der Waals surface area contributed by atoms with Crippen LogP contribution in [0.3, 0.4) is 0 Å². The number of hydrogen-bond acceptors (Lipinski definition) is 4. The molecule has 0 N–H and O–H groups in total. The molecule has 0 aliphatic heterocycles. The molecular formula is C13H13NO3. The van der Waals surface area contributed by atoms with E-state index in [-0.39, 0.29) is 0 Å². The highest BCUT2D eigenvalue weighted by Crippen LogP contribution is 2.33. The third-order valence-electron chi connectivity index (χ3n) is 2.63. The Kier molecular flexibility index (Phi) is 2.95. The van der Waals surface area contributed by atoms with Crippen LogP contribution in [0.5, 0.6) is 5.75 Å². The Hall–Kier alpha value is -2.10. The van der Waals surface area contributed by atoms with Crippen molar-refractivity contribution in [2.24, 2.45) is 0 Å². The van der Waals surface area contributed by atoms with E-state index < -0.39 is 0 Å². The van der Waals surface area contributed by atoms with E-state index in [1.807, 2.05) is 25.1 Å². The monoisotopic (exact) mass is 231 g/mol. The van der Waals surface area contributed by atoms with Crippen LogP contribution < -0.4 is 4.74 Å². The number of methoxy groups -OCH3 is 1. The summed E-state index contributed by atoms with van der Waals surface area (Å²) in [5, 5.41) is 3.81. The molecule has 0 aliphatic carbocycles. The third-order valence-corrected chi connectivity index (χ3v) is 2.63. The van der Waals surface area contributed by atoms with Crippen molar-refractivity contribution in [2.75, 3.05) is 7.11 Å². The number of benzene rings is 1. The molecule has 0 aliphatic rings. The molecule has 1 aromatic heterocycles. The molecule has 0 fully saturated rings. The maximum absolute atomic E-state index is 11.0. The van der Waals surface area contributed by atoms with E-state index in [2.05, 4.69) is 5.16 Å². The molecule has 0 saturated heterocycles. The Morgan fingerprint density at radius 1 is 1.35 bits per heavy atom. The minimum atomic E-state index is 0.457. The van der Waals surface area contributed by atoms with Gasteiger partial charge in [0.1, 0.15) is 5.75 Å². The average molecular weight is 231 g/mol. The van der Waals surface area contributed by atoms with Gasteiger partial charge in [0, 0.05) is 0 Å². The molecular weight excluding hydrogens is 218 g/mol. The first-order chi connectivity index (χ1) is 8.17. The van der Waals surface area contributed by atoms with Crippen LogP contribution in [0.4, 0.5) is 0 Å². The Bertz CT molecular complexity index is 558. The van der Waals surface area contributed by atoms with Crippen molar-refractivity contribution in [1.29, 1.82) is 0 Å². The quantitative estimate of drug-likeness (QED) is 0.762. The van der Waals surface area contributed by atoms with Crippen molar-refractivity contribution in [1.82, 2.24) is 5.16 Å². The van der Waals surface area contributed by atoms with Gasteiger partial charge in [0.25, 0.3) is 0 Å². The maximum Gasteiger partial charge on any atom is 0.181 e. The van der Waals surface area contributed by atoms with E-state index in [9.17, 15) is 4.79 Å². The number of rotatable bonds is 3. The maximum atomic E-state index is 11.0. The summed E-state index contributed by atoms with van der Waals surface area (Å²) < 4.78 is 10.5. The lowest BCUT2D eigenvalue weighted by atomic mass is 10.0. The molecule has 2 aromatic rings. The summed E-state index contributed by atoms with van der Waals surface area (Å²) in [6.45, 7) is 3.70. The van der Waals surface area contributed by atoms with Crippen molar-refractivity contribution in [3.63, 3.8) is 0 Å². The molecule has 4 heteroatoms. The van der Waals surface area contributed by atoms with Gasteiger partial charge in [-0.25, -0.2) is 0 Å². The van der Waals surface area contributed by atoms with E-state index >= 15 is 0 Å². The van der Waals surface area contributed by atoms with Crippen LogP contribution >= 0.6 is 0 Å². The molecule has 1 aromatic carbocycles. The molecule has 0 radical (unpaired) electrons. The summed E-state index contributed by atoms with van der Waals surface area (Å²) in [6, 6.07) is 5.69. The first-order valence-corrected chi connectivity index (χ1v) is 5.24. The van der Waals surface area contributed by atoms with Crippen molar-refractivity contribution in [3.05, 3.63) is 35.0 Å². The number of ether oxygens (including phenoxy) is 1. The van der Waals surface area contributed by atoms with Crippen LogP contribution in [0.2, 0.25) is 0 Å². The van der Waals surface area contributed by atoms with Crippen LogP contribution in [-0.2, 0) is 0 Å². The lowest BCUT2D eigenvalue weighted by molar-refractivity contribution is 0.112. The lowest BCUT2D eigenvalue weighted by Crippen LogP contribution is -1.91. The number of hydrogen-bond donors (Lipinski definition) is 0. The summed E-state index contributed by atoms with van der Waals surface area (Å²) in [5.41, 5.74) is 2.86. The van der Waals surface area contributed by atoms with Gasteiger partial charge in [0.05, 0.1) is 23.9 Å². The smallest absolute Gasteiger partial charge is 0.181 e. The van der Waals surface area contributed by atoms with Gasteiger partial charge in [-0.15, -0.1) is 0 Å². The zero-order valence-corrected chi connectivity index (χ0v) is 9.98. The number of aryl methyl sites for hydroxylation is 2. The number of carbonyl (C=O) groups is 1. The van der Waals surface area contributed by atoms with E-state index in [0.29, 0.717) is 22.8 Å². The van der Waals surface area contributed by atoms with Gasteiger partial charge in [-0.3, -0.25) is 4.79 Å². The Morgan fingerprint density at radius 2 is 2.12 bits per heavy atom. The van der Waals surface area contributed by atoms with Crippen LogP contribution in [0.25, 0.3) is 11.3 Å². The van der Waals surface area contributed by atoms with Crippen LogP contribution in [0.15, 0.2) is 22.7 Å². The third kappa shape index (κ3) is 1.93. The minimum Gasteiger partial charge on any atom is -0.496 e. The number of carbonyl (C=O) groups excluding carboxylic acids is 1. The molecule has 0 bridgehead atoms. The molecule has 0 atom stereocenters. The minimum absolute atomic E-state index is 0.457. The summed E-state index contributed by atoms with van der Waals surface area (Å²) in [6.07, 6.45) is 0.753. The molecule has 1 heterocycles. The fraction of sp³-hybridized carbons (Fsp3) is 0.231. The average Bonchev–Trinajstić information content (AvgIpc) is 2.70. The standard InChI is InChI=1S/C13H13NO3/c1-8-4-5-12(16-3)10(6-8)13-11(7-15)9(2)14-17-13/h4-7H,1-3H3. The first-order valence-electron chi connectivity index (χ1n) is 5.24. The second kappa shape index (κ2) is 4.41. The number of aldehydes is 1. The van der Waals surface area contributed by atoms with Crippen molar-refractivity contribution >= 4 is 6.29 Å². The predicted octanol–water partition coefficient (Wildman–Crippen LogP) is 2.78. The van der Waals surface area contributed by atoms with Crippen LogP contribution in [0.1, 0.15) is 21.6 Å². The van der Waals surface area contributed by atoms with Crippen LogP contribution in [-0.4, -0.2) is 18.6 Å². The fourth-order valence-electron chi connectivity index (χ4n) is 1.71. The molecule has 0 saturated carbocycles. The van der Waals surface area contributed by atoms with E-state index in [4.69, 9.17) is 9.26 Å². The lowest BCUT2D eigenvalue weighted by Gasteiger charge is -2.06. The molecule has 4 nitrogen and oxygen atoms in total. The highest BCUT2D eigenvalue weighted by Gasteiger charge is 2.17. The Morgan fingerprint density at radius 3 is 2.76 bits per heavy atom. The van der Waals surface area contributed by atoms with E-state index in [1.165, 1.54) is 0 Å². The first kappa shape index (κ1) is 11.4. The second-order valence-electron chi connectivity index (χ2n) is 3.83. The molecule has 2 rings (SSSR count).